The Morgan fingerprint density at radius 3 is 2.79 bits per heavy atom. The molecular weight excluding hydrogens is 418 g/mol. The predicted molar refractivity (Wildman–Crippen MR) is 137 cm³/mol. The Morgan fingerprint density at radius 2 is 2.00 bits per heavy atom. The molecule has 0 bridgehead atoms. The average Bonchev–Trinajstić information content (AvgIpc) is 3.46. The van der Waals surface area contributed by atoms with Crippen LogP contribution in [0.4, 0.5) is 0 Å². The summed E-state index contributed by atoms with van der Waals surface area (Å²) < 4.78 is 6.46. The molecule has 1 aromatic carbocycles. The molecule has 6 rings (SSSR count). The molecule has 2 unspecified atom stereocenters. The Labute approximate surface area is 205 Å². The largest absolute Gasteiger partial charge is 0.375 e. The molecule has 2 aliphatic heterocycles. The number of ether oxygens (including phenoxy) is 1. The molecule has 1 saturated carbocycles. The highest BCUT2D eigenvalue weighted by molar-refractivity contribution is 5.45. The van der Waals surface area contributed by atoms with Crippen molar-refractivity contribution in [1.29, 1.82) is 0 Å². The van der Waals surface area contributed by atoms with Crippen LogP contribution >= 0.6 is 0 Å². The molecular formula is C30H41N3O. The average molecular weight is 460 g/mol. The number of nitrogens with zero attached hydrogens (tertiary/aromatic N) is 2. The lowest BCUT2D eigenvalue weighted by Gasteiger charge is -2.46. The maximum absolute atomic E-state index is 6.46. The van der Waals surface area contributed by atoms with E-state index in [1.54, 1.807) is 16.7 Å². The van der Waals surface area contributed by atoms with Gasteiger partial charge in [-0.05, 0) is 94.2 Å². The molecule has 3 atom stereocenters. The number of nitrogens with one attached hydrogen (secondary N) is 1. The van der Waals surface area contributed by atoms with Crippen LogP contribution in [-0.4, -0.2) is 41.2 Å². The fourth-order valence-electron chi connectivity index (χ4n) is 7.83. The van der Waals surface area contributed by atoms with Gasteiger partial charge in [-0.2, -0.15) is 0 Å². The van der Waals surface area contributed by atoms with E-state index >= 15 is 0 Å². The first kappa shape index (κ1) is 22.7. The third-order valence-corrected chi connectivity index (χ3v) is 9.47. The molecule has 4 aliphatic rings. The molecule has 2 aliphatic carbocycles. The topological polar surface area (TPSA) is 37.4 Å². The Hall–Kier alpha value is -1.75. The van der Waals surface area contributed by atoms with Gasteiger partial charge in [-0.25, -0.2) is 0 Å². The van der Waals surface area contributed by atoms with Crippen molar-refractivity contribution < 1.29 is 4.74 Å². The van der Waals surface area contributed by atoms with Crippen molar-refractivity contribution in [3.05, 3.63) is 65.0 Å². The normalized spacial score (nSPS) is 30.2. The lowest BCUT2D eigenvalue weighted by atomic mass is 9.68. The zero-order valence-electron chi connectivity index (χ0n) is 21.1. The van der Waals surface area contributed by atoms with E-state index in [-0.39, 0.29) is 11.0 Å². The second-order valence-electron chi connectivity index (χ2n) is 11.7. The molecule has 2 fully saturated rings. The van der Waals surface area contributed by atoms with Gasteiger partial charge in [-0.1, -0.05) is 37.1 Å². The van der Waals surface area contributed by atoms with Crippen molar-refractivity contribution >= 4 is 0 Å². The highest BCUT2D eigenvalue weighted by Crippen LogP contribution is 2.50. The highest BCUT2D eigenvalue weighted by atomic mass is 16.5. The van der Waals surface area contributed by atoms with E-state index in [9.17, 15) is 0 Å². The van der Waals surface area contributed by atoms with E-state index in [4.69, 9.17) is 9.72 Å². The summed E-state index contributed by atoms with van der Waals surface area (Å²) in [7, 11) is 0. The summed E-state index contributed by atoms with van der Waals surface area (Å²) in [6.45, 7) is 7.81. The number of benzene rings is 1. The van der Waals surface area contributed by atoms with Crippen molar-refractivity contribution in [3.8, 4) is 0 Å². The Balaban J connectivity index is 1.21. The van der Waals surface area contributed by atoms with Crippen molar-refractivity contribution in [1.82, 2.24) is 15.2 Å². The SMILES string of the molecule is CC(C)N1CCc2cccc3c2C1CC3NCC[C@@]1(c2ccccn2)CCOC2(CCCC2)C1. The van der Waals surface area contributed by atoms with Gasteiger partial charge in [-0.3, -0.25) is 9.88 Å². The van der Waals surface area contributed by atoms with Crippen LogP contribution in [-0.2, 0) is 16.6 Å². The van der Waals surface area contributed by atoms with Crippen LogP contribution in [0.5, 0.6) is 0 Å². The summed E-state index contributed by atoms with van der Waals surface area (Å²) in [5, 5.41) is 4.04. The standard InChI is InChI=1S/C30H41N3O/c1-22(2)33-18-11-23-8-7-9-24-25(20-26(33)28(23)24)31-17-14-29(27-10-3-6-16-32-27)15-19-34-30(21-29)12-4-5-13-30/h3,6-10,16,22,25-26,31H,4-5,11-15,17-21H2,1-2H3/t25?,26?,29-/m1/s1. The van der Waals surface area contributed by atoms with Gasteiger partial charge in [0.25, 0.3) is 0 Å². The predicted octanol–water partition coefficient (Wildman–Crippen LogP) is 5.87. The van der Waals surface area contributed by atoms with E-state index in [0.29, 0.717) is 18.1 Å². The molecule has 1 aromatic heterocycles. The quantitative estimate of drug-likeness (QED) is 0.586. The van der Waals surface area contributed by atoms with Crippen LogP contribution in [0.25, 0.3) is 0 Å². The molecule has 2 aromatic rings. The minimum Gasteiger partial charge on any atom is -0.375 e. The number of hydrogen-bond donors (Lipinski definition) is 1. The summed E-state index contributed by atoms with van der Waals surface area (Å²) in [6.07, 6.45) is 12.8. The fourth-order valence-corrected chi connectivity index (χ4v) is 7.83. The van der Waals surface area contributed by atoms with Gasteiger partial charge in [0.15, 0.2) is 0 Å². The number of rotatable bonds is 6. The first-order valence-electron chi connectivity index (χ1n) is 13.8. The van der Waals surface area contributed by atoms with Crippen molar-refractivity contribution in [2.45, 2.75) is 101 Å². The van der Waals surface area contributed by atoms with Crippen LogP contribution in [0.3, 0.4) is 0 Å². The lowest BCUT2D eigenvalue weighted by molar-refractivity contribution is -0.104. The van der Waals surface area contributed by atoms with Gasteiger partial charge >= 0.3 is 0 Å². The van der Waals surface area contributed by atoms with Crippen molar-refractivity contribution in [2.75, 3.05) is 19.7 Å². The maximum atomic E-state index is 6.46. The molecule has 0 amide bonds. The minimum absolute atomic E-state index is 0.0895. The highest BCUT2D eigenvalue weighted by Gasteiger charge is 2.48. The second-order valence-corrected chi connectivity index (χ2v) is 11.7. The van der Waals surface area contributed by atoms with E-state index in [0.717, 1.165) is 32.4 Å². The zero-order chi connectivity index (χ0) is 23.2. The molecule has 1 spiro atoms. The molecule has 182 valence electrons. The molecule has 0 radical (unpaired) electrons. The summed E-state index contributed by atoms with van der Waals surface area (Å²) in [5.74, 6) is 0. The van der Waals surface area contributed by atoms with Gasteiger partial charge in [0.2, 0.25) is 0 Å². The van der Waals surface area contributed by atoms with Gasteiger partial charge in [0.1, 0.15) is 0 Å². The zero-order valence-corrected chi connectivity index (χ0v) is 21.1. The smallest absolute Gasteiger partial charge is 0.0691 e. The molecule has 4 nitrogen and oxygen atoms in total. The van der Waals surface area contributed by atoms with Crippen LogP contribution < -0.4 is 5.32 Å². The molecule has 1 N–H and O–H groups in total. The van der Waals surface area contributed by atoms with Crippen molar-refractivity contribution in [3.63, 3.8) is 0 Å². The second kappa shape index (κ2) is 9.04. The van der Waals surface area contributed by atoms with E-state index in [2.05, 4.69) is 60.5 Å². The Bertz CT molecular complexity index is 999. The number of pyridine rings is 1. The summed E-state index contributed by atoms with van der Waals surface area (Å²) >= 11 is 0. The monoisotopic (exact) mass is 459 g/mol. The van der Waals surface area contributed by atoms with Crippen LogP contribution in [0.15, 0.2) is 42.6 Å². The van der Waals surface area contributed by atoms with Crippen molar-refractivity contribution in [2.24, 2.45) is 0 Å². The Kier molecular flexibility index (Phi) is 6.03. The van der Waals surface area contributed by atoms with Gasteiger partial charge in [0, 0.05) is 48.6 Å². The van der Waals surface area contributed by atoms with Gasteiger partial charge in [0.05, 0.1) is 5.60 Å². The molecule has 1 saturated heterocycles. The third kappa shape index (κ3) is 3.92. The number of hydrogen-bond acceptors (Lipinski definition) is 4. The van der Waals surface area contributed by atoms with E-state index in [1.807, 2.05) is 6.20 Å². The van der Waals surface area contributed by atoms with E-state index in [1.165, 1.54) is 50.8 Å². The molecule has 4 heteroatoms. The maximum Gasteiger partial charge on any atom is 0.0691 e. The van der Waals surface area contributed by atoms with Crippen LogP contribution in [0.2, 0.25) is 0 Å². The Morgan fingerprint density at radius 1 is 1.12 bits per heavy atom. The first-order valence-corrected chi connectivity index (χ1v) is 13.8. The minimum atomic E-state index is 0.0895. The molecule has 34 heavy (non-hydrogen) atoms. The lowest BCUT2D eigenvalue weighted by Crippen LogP contribution is -2.47. The van der Waals surface area contributed by atoms with E-state index < -0.39 is 0 Å². The number of aromatic nitrogens is 1. The summed E-state index contributed by atoms with van der Waals surface area (Å²) in [6, 6.07) is 15.2. The molecule has 3 heterocycles. The summed E-state index contributed by atoms with van der Waals surface area (Å²) in [4.78, 5) is 7.63. The first-order chi connectivity index (χ1) is 16.6. The van der Waals surface area contributed by atoms with Gasteiger partial charge < -0.3 is 10.1 Å². The summed E-state index contributed by atoms with van der Waals surface area (Å²) in [5.41, 5.74) is 6.27. The third-order valence-electron chi connectivity index (χ3n) is 9.47. The fraction of sp³-hybridized carbons (Fsp3) is 0.633. The van der Waals surface area contributed by atoms with Crippen LogP contribution in [0, 0.1) is 0 Å². The van der Waals surface area contributed by atoms with Gasteiger partial charge in [-0.15, -0.1) is 0 Å². The van der Waals surface area contributed by atoms with Crippen LogP contribution in [0.1, 0.15) is 99.7 Å².